The molecular formula is C8H11N3O3. The molecule has 6 heteroatoms. The third-order valence-electron chi connectivity index (χ3n) is 1.78. The van der Waals surface area contributed by atoms with E-state index < -0.39 is 12.0 Å². The van der Waals surface area contributed by atoms with E-state index in [1.807, 2.05) is 0 Å². The van der Waals surface area contributed by atoms with Crippen molar-refractivity contribution in [3.63, 3.8) is 0 Å². The molecule has 0 saturated heterocycles. The van der Waals surface area contributed by atoms with E-state index in [-0.39, 0.29) is 6.42 Å². The Morgan fingerprint density at radius 3 is 3.00 bits per heavy atom. The number of nitrogens with zero attached hydrogens (tertiary/aromatic N) is 2. The van der Waals surface area contributed by atoms with Gasteiger partial charge in [-0.25, -0.2) is 0 Å². The van der Waals surface area contributed by atoms with Crippen LogP contribution in [0.2, 0.25) is 0 Å². The van der Waals surface area contributed by atoms with Crippen molar-refractivity contribution in [2.45, 2.75) is 12.5 Å². The second-order valence-electron chi connectivity index (χ2n) is 2.88. The Kier molecular flexibility index (Phi) is 3.22. The molecule has 1 amide bonds. The van der Waals surface area contributed by atoms with Crippen LogP contribution in [0.5, 0.6) is 0 Å². The van der Waals surface area contributed by atoms with Crippen molar-refractivity contribution in [2.75, 3.05) is 0 Å². The third kappa shape index (κ3) is 2.58. The van der Waals surface area contributed by atoms with Gasteiger partial charge in [-0.15, -0.1) is 0 Å². The molecule has 1 aromatic heterocycles. The maximum absolute atomic E-state index is 10.5. The van der Waals surface area contributed by atoms with Gasteiger partial charge < -0.3 is 10.4 Å². The highest BCUT2D eigenvalue weighted by atomic mass is 16.4. The fourth-order valence-corrected chi connectivity index (χ4v) is 1.15. The lowest BCUT2D eigenvalue weighted by atomic mass is 10.1. The number of aryl methyl sites for hydroxylation is 1. The predicted octanol–water partition coefficient (Wildman–Crippen LogP) is -0.318. The van der Waals surface area contributed by atoms with Crippen LogP contribution < -0.4 is 5.32 Å². The first-order valence-electron chi connectivity index (χ1n) is 4.03. The van der Waals surface area contributed by atoms with E-state index in [1.165, 1.54) is 6.20 Å². The first-order valence-corrected chi connectivity index (χ1v) is 4.03. The Morgan fingerprint density at radius 1 is 1.86 bits per heavy atom. The zero-order valence-corrected chi connectivity index (χ0v) is 7.67. The molecule has 76 valence electrons. The van der Waals surface area contributed by atoms with Gasteiger partial charge in [0.1, 0.15) is 0 Å². The van der Waals surface area contributed by atoms with Crippen LogP contribution in [0.3, 0.4) is 0 Å². The van der Waals surface area contributed by atoms with E-state index in [0.29, 0.717) is 12.0 Å². The summed E-state index contributed by atoms with van der Waals surface area (Å²) in [4.78, 5) is 20.7. The summed E-state index contributed by atoms with van der Waals surface area (Å²) in [5, 5.41) is 14.9. The van der Waals surface area contributed by atoms with Crippen molar-refractivity contribution in [3.8, 4) is 0 Å². The number of carboxylic acids is 1. The van der Waals surface area contributed by atoms with Crippen LogP contribution in [0, 0.1) is 0 Å². The maximum atomic E-state index is 10.5. The van der Waals surface area contributed by atoms with Gasteiger partial charge in [-0.2, -0.15) is 5.10 Å². The summed E-state index contributed by atoms with van der Waals surface area (Å²) in [6, 6.07) is -0.515. The van der Waals surface area contributed by atoms with Crippen LogP contribution in [0.25, 0.3) is 0 Å². The fourth-order valence-electron chi connectivity index (χ4n) is 1.15. The van der Waals surface area contributed by atoms with Gasteiger partial charge in [-0.05, 0) is 0 Å². The molecule has 0 aliphatic rings. The van der Waals surface area contributed by atoms with Crippen molar-refractivity contribution in [1.29, 1.82) is 0 Å². The Hall–Kier alpha value is -1.85. The molecule has 0 spiro atoms. The molecule has 1 rings (SSSR count). The Morgan fingerprint density at radius 2 is 2.57 bits per heavy atom. The van der Waals surface area contributed by atoms with Gasteiger partial charge >= 0.3 is 5.97 Å². The summed E-state index contributed by atoms with van der Waals surface area (Å²) < 4.78 is 1.55. The van der Waals surface area contributed by atoms with E-state index in [0.717, 1.165) is 0 Å². The van der Waals surface area contributed by atoms with Crippen molar-refractivity contribution in [1.82, 2.24) is 15.1 Å². The summed E-state index contributed by atoms with van der Waals surface area (Å²) in [6.07, 6.45) is 3.54. The van der Waals surface area contributed by atoms with Gasteiger partial charge in [0.2, 0.25) is 6.41 Å². The number of carbonyl (C=O) groups is 2. The van der Waals surface area contributed by atoms with Crippen molar-refractivity contribution in [2.24, 2.45) is 7.05 Å². The normalized spacial score (nSPS) is 12.1. The minimum atomic E-state index is -0.965. The number of rotatable bonds is 5. The lowest BCUT2D eigenvalue weighted by Gasteiger charge is -2.10. The van der Waals surface area contributed by atoms with E-state index >= 15 is 0 Å². The minimum absolute atomic E-state index is 0.148. The van der Waals surface area contributed by atoms with E-state index in [9.17, 15) is 9.59 Å². The van der Waals surface area contributed by atoms with Crippen LogP contribution in [-0.2, 0) is 16.6 Å². The summed E-state index contributed by atoms with van der Waals surface area (Å²) in [6.45, 7) is 0. The molecular weight excluding hydrogens is 186 g/mol. The molecule has 1 aromatic rings. The number of hydrogen-bond donors (Lipinski definition) is 2. The van der Waals surface area contributed by atoms with Crippen molar-refractivity contribution >= 4 is 12.4 Å². The molecule has 0 fully saturated rings. The van der Waals surface area contributed by atoms with Crippen LogP contribution in [0.1, 0.15) is 18.0 Å². The number of aromatic nitrogens is 2. The zero-order valence-electron chi connectivity index (χ0n) is 7.67. The number of carbonyl (C=O) groups excluding carboxylic acids is 1. The highest BCUT2D eigenvalue weighted by Gasteiger charge is 2.15. The Balaban J connectivity index is 2.76. The lowest BCUT2D eigenvalue weighted by molar-refractivity contribution is -0.137. The smallest absolute Gasteiger partial charge is 0.305 e. The largest absolute Gasteiger partial charge is 0.481 e. The molecule has 0 aromatic carbocycles. The topological polar surface area (TPSA) is 84.2 Å². The first-order chi connectivity index (χ1) is 6.63. The summed E-state index contributed by atoms with van der Waals surface area (Å²) >= 11 is 0. The molecule has 0 bridgehead atoms. The predicted molar refractivity (Wildman–Crippen MR) is 47.4 cm³/mol. The van der Waals surface area contributed by atoms with E-state index in [1.54, 1.807) is 17.9 Å². The Bertz CT molecular complexity index is 334. The van der Waals surface area contributed by atoms with Gasteiger partial charge in [0.25, 0.3) is 0 Å². The molecule has 14 heavy (non-hydrogen) atoms. The number of amides is 1. The molecule has 0 saturated carbocycles. The quantitative estimate of drug-likeness (QED) is 0.634. The molecule has 1 heterocycles. The van der Waals surface area contributed by atoms with Crippen LogP contribution in [0.4, 0.5) is 0 Å². The van der Waals surface area contributed by atoms with E-state index in [4.69, 9.17) is 5.11 Å². The third-order valence-corrected chi connectivity index (χ3v) is 1.78. The minimum Gasteiger partial charge on any atom is -0.481 e. The Labute approximate surface area is 80.5 Å². The van der Waals surface area contributed by atoms with Gasteiger partial charge in [0, 0.05) is 18.8 Å². The van der Waals surface area contributed by atoms with Gasteiger partial charge in [0.05, 0.1) is 18.7 Å². The highest BCUT2D eigenvalue weighted by molar-refractivity contribution is 5.68. The second-order valence-corrected chi connectivity index (χ2v) is 2.88. The van der Waals surface area contributed by atoms with Gasteiger partial charge in [0.15, 0.2) is 0 Å². The molecule has 1 atom stereocenters. The van der Waals surface area contributed by atoms with Crippen LogP contribution >= 0.6 is 0 Å². The molecule has 2 N–H and O–H groups in total. The lowest BCUT2D eigenvalue weighted by Crippen LogP contribution is -2.22. The van der Waals surface area contributed by atoms with Crippen LogP contribution in [-0.4, -0.2) is 27.3 Å². The molecule has 0 unspecified atom stereocenters. The molecule has 0 aliphatic carbocycles. The zero-order chi connectivity index (χ0) is 10.6. The summed E-state index contributed by atoms with van der Waals surface area (Å²) in [5.41, 5.74) is 0.682. The summed E-state index contributed by atoms with van der Waals surface area (Å²) in [5.74, 6) is -0.965. The fraction of sp³-hybridized carbons (Fsp3) is 0.375. The van der Waals surface area contributed by atoms with Crippen LogP contribution in [0.15, 0.2) is 12.4 Å². The molecule has 0 aliphatic heterocycles. The van der Waals surface area contributed by atoms with Crippen molar-refractivity contribution < 1.29 is 14.7 Å². The number of carboxylic acid groups (broad SMARTS) is 1. The average Bonchev–Trinajstić information content (AvgIpc) is 2.50. The highest BCUT2D eigenvalue weighted by Crippen LogP contribution is 2.14. The maximum Gasteiger partial charge on any atom is 0.305 e. The van der Waals surface area contributed by atoms with Gasteiger partial charge in [-0.1, -0.05) is 0 Å². The SMILES string of the molecule is Cn1cc([C@H](CC(=O)O)NC=O)cn1. The second kappa shape index (κ2) is 4.40. The standard InChI is InChI=1S/C8H11N3O3/c1-11-4-6(3-10-11)7(9-5-12)2-8(13)14/h3-5,7H,2H2,1H3,(H,9,12)(H,13,14)/t7-/m0/s1. The summed E-state index contributed by atoms with van der Waals surface area (Å²) in [7, 11) is 1.72. The number of hydrogen-bond acceptors (Lipinski definition) is 3. The monoisotopic (exact) mass is 197 g/mol. The molecule has 0 radical (unpaired) electrons. The van der Waals surface area contributed by atoms with E-state index in [2.05, 4.69) is 10.4 Å². The number of aliphatic carboxylic acids is 1. The van der Waals surface area contributed by atoms with Crippen molar-refractivity contribution in [3.05, 3.63) is 18.0 Å². The van der Waals surface area contributed by atoms with Gasteiger partial charge in [-0.3, -0.25) is 14.3 Å². The first kappa shape index (κ1) is 10.2. The number of nitrogens with one attached hydrogen (secondary N) is 1. The average molecular weight is 197 g/mol. The molecule has 6 nitrogen and oxygen atoms in total.